The number of aliphatic carboxylic acids is 1. The highest BCUT2D eigenvalue weighted by Crippen LogP contribution is 2.30. The lowest BCUT2D eigenvalue weighted by Crippen LogP contribution is -2.44. The summed E-state index contributed by atoms with van der Waals surface area (Å²) in [4.78, 5) is 10.8. The maximum Gasteiger partial charge on any atom is 0.336 e. The Bertz CT molecular complexity index is 416. The number of rotatable bonds is 1. The summed E-state index contributed by atoms with van der Waals surface area (Å²) in [5, 5.41) is 18.6. The van der Waals surface area contributed by atoms with Crippen LogP contribution in [0.5, 0.6) is 0 Å². The van der Waals surface area contributed by atoms with Crippen LogP contribution in [-0.4, -0.2) is 21.8 Å². The molecule has 2 N–H and O–H groups in total. The van der Waals surface area contributed by atoms with Gasteiger partial charge < -0.3 is 10.2 Å². The van der Waals surface area contributed by atoms with Crippen molar-refractivity contribution in [1.29, 1.82) is 0 Å². The average molecular weight is 210 g/mol. The second-order valence-corrected chi connectivity index (χ2v) is 3.89. The summed E-state index contributed by atoms with van der Waals surface area (Å²) in [5.74, 6) is -1.72. The van der Waals surface area contributed by atoms with Crippen LogP contribution < -0.4 is 0 Å². The lowest BCUT2D eigenvalue weighted by atomic mass is 9.80. The molecule has 0 spiro atoms. The minimum absolute atomic E-state index is 0.138. The van der Waals surface area contributed by atoms with E-state index in [1.165, 1.54) is 6.07 Å². The molecule has 1 atom stereocenters. The second-order valence-electron chi connectivity index (χ2n) is 3.89. The molecular weight excluding hydrogens is 199 g/mol. The fourth-order valence-corrected chi connectivity index (χ4v) is 1.94. The van der Waals surface area contributed by atoms with Gasteiger partial charge in [-0.05, 0) is 30.0 Å². The van der Waals surface area contributed by atoms with Crippen LogP contribution >= 0.6 is 0 Å². The summed E-state index contributed by atoms with van der Waals surface area (Å²) in [5.41, 5.74) is -0.690. The zero-order valence-corrected chi connectivity index (χ0v) is 8.03. The van der Waals surface area contributed by atoms with Crippen molar-refractivity contribution in [3.05, 3.63) is 35.1 Å². The van der Waals surface area contributed by atoms with E-state index in [2.05, 4.69) is 0 Å². The quantitative estimate of drug-likeness (QED) is 0.730. The third-order valence-electron chi connectivity index (χ3n) is 2.89. The van der Waals surface area contributed by atoms with E-state index in [9.17, 15) is 14.3 Å². The van der Waals surface area contributed by atoms with E-state index in [0.717, 1.165) is 5.56 Å². The van der Waals surface area contributed by atoms with Crippen LogP contribution in [0.2, 0.25) is 0 Å². The topological polar surface area (TPSA) is 57.5 Å². The van der Waals surface area contributed by atoms with Crippen LogP contribution in [0.25, 0.3) is 0 Å². The maximum atomic E-state index is 13.4. The first kappa shape index (κ1) is 10.1. The number of aliphatic hydroxyl groups is 1. The van der Waals surface area contributed by atoms with Crippen LogP contribution in [0.1, 0.15) is 17.5 Å². The highest BCUT2D eigenvalue weighted by molar-refractivity contribution is 5.78. The van der Waals surface area contributed by atoms with Gasteiger partial charge in [0.2, 0.25) is 0 Å². The van der Waals surface area contributed by atoms with Crippen LogP contribution in [-0.2, 0) is 17.6 Å². The zero-order chi connectivity index (χ0) is 11.1. The lowest BCUT2D eigenvalue weighted by Gasteiger charge is -2.29. The Kier molecular flexibility index (Phi) is 2.23. The molecule has 1 aliphatic rings. The molecule has 80 valence electrons. The number of carbonyl (C=O) groups is 1. The Balaban J connectivity index is 2.42. The molecule has 3 nitrogen and oxygen atoms in total. The number of halogens is 1. The summed E-state index contributed by atoms with van der Waals surface area (Å²) in [7, 11) is 0. The molecule has 0 saturated heterocycles. The standard InChI is InChI=1S/C11H11FO3/c12-9-3-1-2-7-4-5-11(15,10(13)14)6-8(7)9/h1-3,15H,4-6H2,(H,13,14). The summed E-state index contributed by atoms with van der Waals surface area (Å²) in [6.07, 6.45) is 0.388. The van der Waals surface area contributed by atoms with Crippen molar-refractivity contribution in [2.45, 2.75) is 24.9 Å². The Morgan fingerprint density at radius 2 is 2.20 bits per heavy atom. The van der Waals surface area contributed by atoms with Crippen molar-refractivity contribution in [2.24, 2.45) is 0 Å². The van der Waals surface area contributed by atoms with Gasteiger partial charge in [0.15, 0.2) is 5.60 Å². The van der Waals surface area contributed by atoms with Crippen molar-refractivity contribution in [3.63, 3.8) is 0 Å². The Morgan fingerprint density at radius 1 is 1.47 bits per heavy atom. The number of carboxylic acid groups (broad SMARTS) is 1. The molecule has 0 heterocycles. The van der Waals surface area contributed by atoms with Crippen molar-refractivity contribution in [1.82, 2.24) is 0 Å². The summed E-state index contributed by atoms with van der Waals surface area (Å²) in [6, 6.07) is 4.64. The fourth-order valence-electron chi connectivity index (χ4n) is 1.94. The van der Waals surface area contributed by atoms with Gasteiger partial charge in [-0.3, -0.25) is 0 Å². The predicted octanol–water partition coefficient (Wildman–Crippen LogP) is 1.13. The van der Waals surface area contributed by atoms with Gasteiger partial charge in [0.05, 0.1) is 0 Å². The molecule has 2 rings (SSSR count). The van der Waals surface area contributed by atoms with Crippen molar-refractivity contribution in [2.75, 3.05) is 0 Å². The molecule has 0 radical (unpaired) electrons. The minimum atomic E-state index is -1.81. The first-order valence-electron chi connectivity index (χ1n) is 4.75. The SMILES string of the molecule is O=C(O)C1(O)CCc2cccc(F)c2C1. The molecule has 0 aliphatic heterocycles. The van der Waals surface area contributed by atoms with Gasteiger partial charge in [0, 0.05) is 6.42 Å². The van der Waals surface area contributed by atoms with E-state index in [-0.39, 0.29) is 12.8 Å². The lowest BCUT2D eigenvalue weighted by molar-refractivity contribution is -0.159. The van der Waals surface area contributed by atoms with Crippen LogP contribution in [0.4, 0.5) is 4.39 Å². The van der Waals surface area contributed by atoms with E-state index in [0.29, 0.717) is 12.0 Å². The molecule has 0 bridgehead atoms. The minimum Gasteiger partial charge on any atom is -0.479 e. The molecule has 0 amide bonds. The largest absolute Gasteiger partial charge is 0.479 e. The van der Waals surface area contributed by atoms with Gasteiger partial charge in [-0.1, -0.05) is 12.1 Å². The van der Waals surface area contributed by atoms with Crippen LogP contribution in [0.3, 0.4) is 0 Å². The Morgan fingerprint density at radius 3 is 2.87 bits per heavy atom. The van der Waals surface area contributed by atoms with Crippen molar-refractivity contribution < 1.29 is 19.4 Å². The van der Waals surface area contributed by atoms with Crippen molar-refractivity contribution >= 4 is 5.97 Å². The van der Waals surface area contributed by atoms with Gasteiger partial charge in [0.1, 0.15) is 5.82 Å². The smallest absolute Gasteiger partial charge is 0.336 e. The summed E-state index contributed by atoms with van der Waals surface area (Å²) < 4.78 is 13.4. The van der Waals surface area contributed by atoms with E-state index >= 15 is 0 Å². The first-order chi connectivity index (χ1) is 7.03. The Hall–Kier alpha value is -1.42. The zero-order valence-electron chi connectivity index (χ0n) is 8.03. The monoisotopic (exact) mass is 210 g/mol. The molecule has 4 heteroatoms. The molecule has 0 fully saturated rings. The average Bonchev–Trinajstić information content (AvgIpc) is 2.19. The Labute approximate surface area is 86.2 Å². The van der Waals surface area contributed by atoms with Crippen LogP contribution in [0, 0.1) is 5.82 Å². The van der Waals surface area contributed by atoms with Crippen molar-refractivity contribution in [3.8, 4) is 0 Å². The first-order valence-corrected chi connectivity index (χ1v) is 4.75. The van der Waals surface area contributed by atoms with Gasteiger partial charge >= 0.3 is 5.97 Å². The number of fused-ring (bicyclic) bond motifs is 1. The third kappa shape index (κ3) is 1.61. The van der Waals surface area contributed by atoms with E-state index in [1.54, 1.807) is 12.1 Å². The second kappa shape index (κ2) is 3.31. The number of hydrogen-bond acceptors (Lipinski definition) is 2. The molecule has 0 saturated carbocycles. The van der Waals surface area contributed by atoms with E-state index < -0.39 is 17.4 Å². The number of aryl methyl sites for hydroxylation is 1. The summed E-state index contributed by atoms with van der Waals surface area (Å²) >= 11 is 0. The highest BCUT2D eigenvalue weighted by atomic mass is 19.1. The molecule has 1 aliphatic carbocycles. The third-order valence-corrected chi connectivity index (χ3v) is 2.89. The molecule has 0 aromatic heterocycles. The molecule has 1 unspecified atom stereocenters. The van der Waals surface area contributed by atoms with Gasteiger partial charge in [0.25, 0.3) is 0 Å². The number of hydrogen-bond donors (Lipinski definition) is 2. The molecule has 15 heavy (non-hydrogen) atoms. The fraction of sp³-hybridized carbons (Fsp3) is 0.364. The van der Waals surface area contributed by atoms with Gasteiger partial charge in [-0.2, -0.15) is 0 Å². The molecule has 1 aromatic rings. The maximum absolute atomic E-state index is 13.4. The van der Waals surface area contributed by atoms with Crippen LogP contribution in [0.15, 0.2) is 18.2 Å². The van der Waals surface area contributed by atoms with E-state index in [1.807, 2.05) is 0 Å². The number of benzene rings is 1. The molecule has 1 aromatic carbocycles. The normalized spacial score (nSPS) is 24.7. The molecular formula is C11H11FO3. The van der Waals surface area contributed by atoms with Gasteiger partial charge in [-0.25, -0.2) is 9.18 Å². The summed E-state index contributed by atoms with van der Waals surface area (Å²) in [6.45, 7) is 0. The number of carboxylic acids is 1. The predicted molar refractivity (Wildman–Crippen MR) is 51.0 cm³/mol. The van der Waals surface area contributed by atoms with Gasteiger partial charge in [-0.15, -0.1) is 0 Å². The van der Waals surface area contributed by atoms with E-state index in [4.69, 9.17) is 5.11 Å². The highest BCUT2D eigenvalue weighted by Gasteiger charge is 2.40.